The summed E-state index contributed by atoms with van der Waals surface area (Å²) in [4.78, 5) is 32.2. The van der Waals surface area contributed by atoms with E-state index >= 15 is 0 Å². The molecule has 1 amide bonds. The topological polar surface area (TPSA) is 88.3 Å². The number of likely N-dealkylation sites (tertiary alicyclic amines) is 1. The van der Waals surface area contributed by atoms with E-state index in [1.807, 2.05) is 24.8 Å². The Bertz CT molecular complexity index is 1060. The van der Waals surface area contributed by atoms with E-state index in [0.29, 0.717) is 29.9 Å². The maximum atomic E-state index is 13.1. The van der Waals surface area contributed by atoms with Crippen LogP contribution in [0.2, 0.25) is 0 Å². The van der Waals surface area contributed by atoms with Gasteiger partial charge in [-0.1, -0.05) is 6.92 Å². The maximum Gasteiger partial charge on any atom is 0.276 e. The van der Waals surface area contributed by atoms with E-state index in [9.17, 15) is 9.59 Å². The minimum absolute atomic E-state index is 0.0379. The lowest BCUT2D eigenvalue weighted by atomic mass is 9.99. The van der Waals surface area contributed by atoms with Crippen molar-refractivity contribution >= 4 is 11.6 Å². The zero-order chi connectivity index (χ0) is 19.1. The van der Waals surface area contributed by atoms with Gasteiger partial charge in [-0.3, -0.25) is 19.4 Å². The first kappa shape index (κ1) is 17.5. The standard InChI is InChI=1S/C19H24N6O2/c1-4-13-12(2)21-17-11-14(22-25(17)18(13)26)15-7-5-6-10-24(15)19(27)16-8-9-20-23(16)3/h8-9,11,15,22H,4-7,10H2,1-3H3/t15-/m1/s1. The maximum absolute atomic E-state index is 13.1. The number of fused-ring (bicyclic) bond motifs is 1. The Labute approximate surface area is 156 Å². The summed E-state index contributed by atoms with van der Waals surface area (Å²) in [6.45, 7) is 4.51. The third kappa shape index (κ3) is 2.85. The fraction of sp³-hybridized carbons (Fsp3) is 0.474. The lowest BCUT2D eigenvalue weighted by molar-refractivity contribution is 0.0594. The summed E-state index contributed by atoms with van der Waals surface area (Å²) in [7, 11) is 1.77. The second-order valence-corrected chi connectivity index (χ2v) is 7.09. The molecule has 1 N–H and O–H groups in total. The number of hydrogen-bond donors (Lipinski definition) is 1. The molecular weight excluding hydrogens is 344 g/mol. The van der Waals surface area contributed by atoms with Crippen LogP contribution in [0.4, 0.5) is 0 Å². The molecular formula is C19H24N6O2. The van der Waals surface area contributed by atoms with E-state index in [1.54, 1.807) is 24.0 Å². The van der Waals surface area contributed by atoms with Gasteiger partial charge in [0.2, 0.25) is 0 Å². The summed E-state index contributed by atoms with van der Waals surface area (Å²) >= 11 is 0. The Balaban J connectivity index is 1.76. The molecule has 27 heavy (non-hydrogen) atoms. The molecule has 0 spiro atoms. The van der Waals surface area contributed by atoms with E-state index < -0.39 is 0 Å². The molecule has 8 nitrogen and oxygen atoms in total. The minimum Gasteiger partial charge on any atom is -0.329 e. The number of rotatable bonds is 3. The van der Waals surface area contributed by atoms with Gasteiger partial charge in [0.15, 0.2) is 5.65 Å². The summed E-state index contributed by atoms with van der Waals surface area (Å²) in [5.41, 5.74) is 3.43. The molecule has 4 heterocycles. The number of H-pyrrole nitrogens is 1. The Hall–Kier alpha value is -2.90. The van der Waals surface area contributed by atoms with Gasteiger partial charge in [0.1, 0.15) is 5.69 Å². The molecule has 1 aliphatic heterocycles. The van der Waals surface area contributed by atoms with Crippen molar-refractivity contribution in [3.63, 3.8) is 0 Å². The van der Waals surface area contributed by atoms with Gasteiger partial charge >= 0.3 is 0 Å². The first-order valence-electron chi connectivity index (χ1n) is 9.41. The van der Waals surface area contributed by atoms with Crippen molar-refractivity contribution in [3.8, 4) is 0 Å². The van der Waals surface area contributed by atoms with E-state index in [1.165, 1.54) is 4.52 Å². The number of amides is 1. The predicted molar refractivity (Wildman–Crippen MR) is 101 cm³/mol. The Morgan fingerprint density at radius 2 is 2.19 bits per heavy atom. The van der Waals surface area contributed by atoms with Crippen LogP contribution in [0.3, 0.4) is 0 Å². The second kappa shape index (κ2) is 6.68. The molecule has 0 aliphatic carbocycles. The van der Waals surface area contributed by atoms with Crippen LogP contribution < -0.4 is 5.56 Å². The Morgan fingerprint density at radius 3 is 2.89 bits per heavy atom. The molecule has 0 aromatic carbocycles. The average Bonchev–Trinajstić information content (AvgIpc) is 3.28. The number of aromatic nitrogens is 5. The largest absolute Gasteiger partial charge is 0.329 e. The monoisotopic (exact) mass is 368 g/mol. The van der Waals surface area contributed by atoms with Crippen LogP contribution in [-0.2, 0) is 13.5 Å². The van der Waals surface area contributed by atoms with Gasteiger partial charge in [-0.2, -0.15) is 5.10 Å². The fourth-order valence-electron chi connectivity index (χ4n) is 3.99. The van der Waals surface area contributed by atoms with E-state index in [2.05, 4.69) is 15.2 Å². The number of carbonyl (C=O) groups excluding carboxylic acids is 1. The molecule has 0 unspecified atom stereocenters. The van der Waals surface area contributed by atoms with Gasteiger partial charge in [-0.15, -0.1) is 0 Å². The van der Waals surface area contributed by atoms with Crippen LogP contribution >= 0.6 is 0 Å². The zero-order valence-corrected chi connectivity index (χ0v) is 15.9. The lowest BCUT2D eigenvalue weighted by Crippen LogP contribution is -2.39. The Morgan fingerprint density at radius 1 is 1.37 bits per heavy atom. The number of nitrogens with one attached hydrogen (secondary N) is 1. The van der Waals surface area contributed by atoms with Crippen LogP contribution in [0.25, 0.3) is 5.65 Å². The van der Waals surface area contributed by atoms with Gasteiger partial charge in [-0.25, -0.2) is 9.50 Å². The van der Waals surface area contributed by atoms with Gasteiger partial charge in [0.05, 0.1) is 11.7 Å². The van der Waals surface area contributed by atoms with Gasteiger partial charge in [0.25, 0.3) is 11.5 Å². The smallest absolute Gasteiger partial charge is 0.276 e. The molecule has 3 aromatic rings. The molecule has 3 aromatic heterocycles. The molecule has 1 fully saturated rings. The highest BCUT2D eigenvalue weighted by atomic mass is 16.2. The molecule has 0 saturated carbocycles. The normalized spacial score (nSPS) is 17.6. The van der Waals surface area contributed by atoms with Gasteiger partial charge in [0, 0.05) is 37.1 Å². The molecule has 0 bridgehead atoms. The van der Waals surface area contributed by atoms with Crippen molar-refractivity contribution < 1.29 is 4.79 Å². The van der Waals surface area contributed by atoms with Crippen molar-refractivity contribution in [1.82, 2.24) is 29.3 Å². The number of aryl methyl sites for hydroxylation is 2. The van der Waals surface area contributed by atoms with Crippen molar-refractivity contribution in [3.05, 3.63) is 51.3 Å². The van der Waals surface area contributed by atoms with Crippen LogP contribution in [0.5, 0.6) is 0 Å². The summed E-state index contributed by atoms with van der Waals surface area (Å²) in [5.74, 6) is -0.0379. The lowest BCUT2D eigenvalue weighted by Gasteiger charge is -2.35. The van der Waals surface area contributed by atoms with E-state index in [-0.39, 0.29) is 17.5 Å². The first-order valence-corrected chi connectivity index (χ1v) is 9.41. The van der Waals surface area contributed by atoms with Crippen LogP contribution in [0.1, 0.15) is 59.7 Å². The van der Waals surface area contributed by atoms with Crippen molar-refractivity contribution in [1.29, 1.82) is 0 Å². The molecule has 1 atom stereocenters. The molecule has 1 aliphatic rings. The van der Waals surface area contributed by atoms with Crippen molar-refractivity contribution in [2.75, 3.05) is 6.54 Å². The number of hydrogen-bond acceptors (Lipinski definition) is 4. The van der Waals surface area contributed by atoms with E-state index in [4.69, 9.17) is 0 Å². The van der Waals surface area contributed by atoms with Gasteiger partial charge < -0.3 is 4.90 Å². The number of nitrogens with zero attached hydrogens (tertiary/aromatic N) is 5. The van der Waals surface area contributed by atoms with Crippen LogP contribution in [-0.4, -0.2) is 41.7 Å². The highest BCUT2D eigenvalue weighted by Gasteiger charge is 2.31. The predicted octanol–water partition coefficient (Wildman–Crippen LogP) is 1.99. The minimum atomic E-state index is -0.104. The molecule has 0 radical (unpaired) electrons. The number of carbonyl (C=O) groups is 1. The first-order chi connectivity index (χ1) is 13.0. The molecule has 8 heteroatoms. The molecule has 142 valence electrons. The quantitative estimate of drug-likeness (QED) is 0.766. The van der Waals surface area contributed by atoms with Crippen LogP contribution in [0.15, 0.2) is 23.1 Å². The highest BCUT2D eigenvalue weighted by Crippen LogP contribution is 2.31. The SMILES string of the molecule is CCc1c(C)nc2cc([C@H]3CCCCN3C(=O)c3ccnn3C)[nH]n2c1=O. The number of piperidine rings is 1. The molecule has 4 rings (SSSR count). The summed E-state index contributed by atoms with van der Waals surface area (Å²) in [6.07, 6.45) is 5.14. The van der Waals surface area contributed by atoms with Crippen molar-refractivity contribution in [2.45, 2.75) is 45.6 Å². The highest BCUT2D eigenvalue weighted by molar-refractivity contribution is 5.92. The summed E-state index contributed by atoms with van der Waals surface area (Å²) < 4.78 is 3.10. The third-order valence-corrected chi connectivity index (χ3v) is 5.45. The fourth-order valence-corrected chi connectivity index (χ4v) is 3.99. The third-order valence-electron chi connectivity index (χ3n) is 5.45. The van der Waals surface area contributed by atoms with Crippen LogP contribution in [0, 0.1) is 6.92 Å². The van der Waals surface area contributed by atoms with Gasteiger partial charge in [-0.05, 0) is 38.7 Å². The zero-order valence-electron chi connectivity index (χ0n) is 15.9. The number of aromatic amines is 1. The summed E-state index contributed by atoms with van der Waals surface area (Å²) in [5, 5.41) is 7.32. The Kier molecular flexibility index (Phi) is 4.33. The van der Waals surface area contributed by atoms with E-state index in [0.717, 1.165) is 30.7 Å². The second-order valence-electron chi connectivity index (χ2n) is 7.09. The average molecular weight is 368 g/mol. The molecule has 1 saturated heterocycles. The summed E-state index contributed by atoms with van der Waals surface area (Å²) in [6, 6.07) is 3.53. The van der Waals surface area contributed by atoms with Crippen molar-refractivity contribution in [2.24, 2.45) is 7.05 Å².